The van der Waals surface area contributed by atoms with Gasteiger partial charge in [-0.2, -0.15) is 0 Å². The summed E-state index contributed by atoms with van der Waals surface area (Å²) < 4.78 is 11.3. The molecule has 0 heterocycles. The maximum atomic E-state index is 11.4. The van der Waals surface area contributed by atoms with Crippen molar-refractivity contribution in [1.29, 1.82) is 0 Å². The second kappa shape index (κ2) is 5.40. The normalized spacial score (nSPS) is 14.2. The van der Waals surface area contributed by atoms with Crippen LogP contribution in [0.1, 0.15) is 12.8 Å². The average Bonchev–Trinajstić information content (AvgIpc) is 3.12. The lowest BCUT2D eigenvalue weighted by Crippen LogP contribution is -2.30. The highest BCUT2D eigenvalue weighted by Gasteiger charge is 2.23. The molecule has 0 unspecified atom stereocenters. The van der Waals surface area contributed by atoms with Gasteiger partial charge in [0.05, 0.1) is 11.6 Å². The third-order valence-electron chi connectivity index (χ3n) is 2.44. The second-order valence-electron chi connectivity index (χ2n) is 3.93. The fourth-order valence-electron chi connectivity index (χ4n) is 1.36. The second-order valence-corrected chi connectivity index (χ2v) is 4.78. The van der Waals surface area contributed by atoms with Crippen LogP contribution in [0.5, 0.6) is 11.5 Å². The van der Waals surface area contributed by atoms with Crippen molar-refractivity contribution in [3.63, 3.8) is 0 Å². The number of amides is 1. The molecule has 1 aromatic rings. The number of hydrogen-bond donors (Lipinski definition) is 1. The van der Waals surface area contributed by atoms with Crippen LogP contribution in [0.4, 0.5) is 0 Å². The smallest absolute Gasteiger partial charge is 0.258 e. The number of carbonyl (C=O) groups is 1. The van der Waals surface area contributed by atoms with E-state index in [9.17, 15) is 4.79 Å². The van der Waals surface area contributed by atoms with Gasteiger partial charge in [-0.25, -0.2) is 0 Å². The van der Waals surface area contributed by atoms with E-state index in [1.54, 1.807) is 13.2 Å². The van der Waals surface area contributed by atoms with E-state index in [4.69, 9.17) is 9.47 Å². The van der Waals surface area contributed by atoms with E-state index < -0.39 is 0 Å². The Morgan fingerprint density at radius 2 is 2.29 bits per heavy atom. The predicted molar refractivity (Wildman–Crippen MR) is 67.4 cm³/mol. The molecule has 92 valence electrons. The van der Waals surface area contributed by atoms with E-state index >= 15 is 0 Å². The van der Waals surface area contributed by atoms with Crippen LogP contribution in [0, 0.1) is 0 Å². The van der Waals surface area contributed by atoms with Gasteiger partial charge in [-0.1, -0.05) is 0 Å². The highest BCUT2D eigenvalue weighted by molar-refractivity contribution is 9.10. The number of benzene rings is 1. The van der Waals surface area contributed by atoms with Crippen molar-refractivity contribution in [2.24, 2.45) is 0 Å². The number of halogens is 1. The zero-order valence-electron chi connectivity index (χ0n) is 9.53. The van der Waals surface area contributed by atoms with Gasteiger partial charge in [0.2, 0.25) is 0 Å². The first-order valence-corrected chi connectivity index (χ1v) is 6.24. The molecule has 0 spiro atoms. The quantitative estimate of drug-likeness (QED) is 0.906. The first-order chi connectivity index (χ1) is 8.19. The molecular weight excluding hydrogens is 286 g/mol. The lowest BCUT2D eigenvalue weighted by molar-refractivity contribution is -0.123. The van der Waals surface area contributed by atoms with Gasteiger partial charge in [0.15, 0.2) is 6.61 Å². The summed E-state index contributed by atoms with van der Waals surface area (Å²) in [5, 5.41) is 2.86. The zero-order chi connectivity index (χ0) is 12.3. The Bertz CT molecular complexity index is 418. The summed E-state index contributed by atoms with van der Waals surface area (Å²) in [6.45, 7) is 0.0300. The van der Waals surface area contributed by atoms with Gasteiger partial charge in [0.1, 0.15) is 11.5 Å². The predicted octanol–water partition coefficient (Wildman–Crippen LogP) is 2.12. The highest BCUT2D eigenvalue weighted by Crippen LogP contribution is 2.29. The van der Waals surface area contributed by atoms with E-state index in [1.165, 1.54) is 0 Å². The Balaban J connectivity index is 1.90. The van der Waals surface area contributed by atoms with E-state index in [2.05, 4.69) is 21.2 Å². The van der Waals surface area contributed by atoms with Crippen molar-refractivity contribution in [2.75, 3.05) is 13.7 Å². The van der Waals surface area contributed by atoms with E-state index in [1.807, 2.05) is 12.1 Å². The summed E-state index contributed by atoms with van der Waals surface area (Å²) >= 11 is 3.36. The monoisotopic (exact) mass is 299 g/mol. The lowest BCUT2D eigenvalue weighted by atomic mass is 10.3. The van der Waals surface area contributed by atoms with E-state index in [0.717, 1.165) is 17.3 Å². The van der Waals surface area contributed by atoms with E-state index in [0.29, 0.717) is 17.5 Å². The summed E-state index contributed by atoms with van der Waals surface area (Å²) in [6, 6.07) is 5.75. The van der Waals surface area contributed by atoms with Crippen LogP contribution in [-0.2, 0) is 4.79 Å². The zero-order valence-corrected chi connectivity index (χ0v) is 11.1. The van der Waals surface area contributed by atoms with Gasteiger partial charge in [0, 0.05) is 12.1 Å². The number of hydrogen-bond acceptors (Lipinski definition) is 3. The number of rotatable bonds is 5. The summed E-state index contributed by atoms with van der Waals surface area (Å²) in [4.78, 5) is 11.4. The SMILES string of the molecule is COc1ccc(Br)c(OCC(=O)NC2CC2)c1. The number of carbonyl (C=O) groups excluding carboxylic acids is 1. The Hall–Kier alpha value is -1.23. The van der Waals surface area contributed by atoms with Crippen LogP contribution < -0.4 is 14.8 Å². The first kappa shape index (κ1) is 12.2. The third kappa shape index (κ3) is 3.63. The van der Waals surface area contributed by atoms with Crippen molar-refractivity contribution in [3.05, 3.63) is 22.7 Å². The lowest BCUT2D eigenvalue weighted by Gasteiger charge is -2.09. The molecule has 1 aromatic carbocycles. The maximum Gasteiger partial charge on any atom is 0.258 e. The van der Waals surface area contributed by atoms with Crippen molar-refractivity contribution in [1.82, 2.24) is 5.32 Å². The summed E-state index contributed by atoms with van der Waals surface area (Å²) in [7, 11) is 1.59. The molecule has 5 heteroatoms. The average molecular weight is 300 g/mol. The van der Waals surface area contributed by atoms with Crippen LogP contribution in [-0.4, -0.2) is 25.7 Å². The molecular formula is C12H14BrNO3. The van der Waals surface area contributed by atoms with Gasteiger partial charge in [0.25, 0.3) is 5.91 Å². The van der Waals surface area contributed by atoms with Crippen molar-refractivity contribution < 1.29 is 14.3 Å². The Labute approximate surface area is 108 Å². The summed E-state index contributed by atoms with van der Waals surface area (Å²) in [5.74, 6) is 1.23. The molecule has 0 aromatic heterocycles. The molecule has 1 aliphatic carbocycles. The van der Waals surface area contributed by atoms with Crippen LogP contribution in [0.15, 0.2) is 22.7 Å². The topological polar surface area (TPSA) is 47.6 Å². The molecule has 1 saturated carbocycles. The fraction of sp³-hybridized carbons (Fsp3) is 0.417. The van der Waals surface area contributed by atoms with Crippen molar-refractivity contribution in [3.8, 4) is 11.5 Å². The molecule has 1 N–H and O–H groups in total. The van der Waals surface area contributed by atoms with Crippen molar-refractivity contribution >= 4 is 21.8 Å². The first-order valence-electron chi connectivity index (χ1n) is 5.45. The van der Waals surface area contributed by atoms with Gasteiger partial charge >= 0.3 is 0 Å². The maximum absolute atomic E-state index is 11.4. The van der Waals surface area contributed by atoms with Crippen LogP contribution >= 0.6 is 15.9 Å². The summed E-state index contributed by atoms with van der Waals surface area (Å²) in [6.07, 6.45) is 2.16. The standard InChI is InChI=1S/C12H14BrNO3/c1-16-9-4-5-10(13)11(6-9)17-7-12(15)14-8-2-3-8/h4-6,8H,2-3,7H2,1H3,(H,14,15). The molecule has 1 fully saturated rings. The van der Waals surface area contributed by atoms with Crippen LogP contribution in [0.2, 0.25) is 0 Å². The Morgan fingerprint density at radius 3 is 2.94 bits per heavy atom. The molecule has 17 heavy (non-hydrogen) atoms. The largest absolute Gasteiger partial charge is 0.497 e. The minimum atomic E-state index is -0.0813. The Kier molecular flexibility index (Phi) is 3.89. The van der Waals surface area contributed by atoms with Crippen LogP contribution in [0.3, 0.4) is 0 Å². The third-order valence-corrected chi connectivity index (χ3v) is 3.09. The number of ether oxygens (including phenoxy) is 2. The van der Waals surface area contributed by atoms with Crippen LogP contribution in [0.25, 0.3) is 0 Å². The minimum absolute atomic E-state index is 0.0300. The molecule has 4 nitrogen and oxygen atoms in total. The highest BCUT2D eigenvalue weighted by atomic mass is 79.9. The number of nitrogens with one attached hydrogen (secondary N) is 1. The van der Waals surface area contributed by atoms with Crippen molar-refractivity contribution in [2.45, 2.75) is 18.9 Å². The summed E-state index contributed by atoms with van der Waals surface area (Å²) in [5.41, 5.74) is 0. The van der Waals surface area contributed by atoms with Gasteiger partial charge < -0.3 is 14.8 Å². The minimum Gasteiger partial charge on any atom is -0.497 e. The van der Waals surface area contributed by atoms with Gasteiger partial charge in [-0.05, 0) is 40.9 Å². The molecule has 1 aliphatic rings. The Morgan fingerprint density at radius 1 is 1.53 bits per heavy atom. The molecule has 0 radical (unpaired) electrons. The molecule has 0 saturated heterocycles. The fourth-order valence-corrected chi connectivity index (χ4v) is 1.72. The van der Waals surface area contributed by atoms with Gasteiger partial charge in [-0.15, -0.1) is 0 Å². The molecule has 2 rings (SSSR count). The van der Waals surface area contributed by atoms with Gasteiger partial charge in [-0.3, -0.25) is 4.79 Å². The number of methoxy groups -OCH3 is 1. The molecule has 0 bridgehead atoms. The molecule has 0 atom stereocenters. The molecule has 0 aliphatic heterocycles. The molecule has 1 amide bonds. The van der Waals surface area contributed by atoms with E-state index in [-0.39, 0.29) is 12.5 Å².